The molecule has 0 radical (unpaired) electrons. The molecule has 2 rings (SSSR count). The molecule has 2 aromatic rings. The summed E-state index contributed by atoms with van der Waals surface area (Å²) in [5.74, 6) is -1.11. The van der Waals surface area contributed by atoms with Crippen LogP contribution in [-0.2, 0) is 32.1 Å². The predicted molar refractivity (Wildman–Crippen MR) is 113 cm³/mol. The van der Waals surface area contributed by atoms with E-state index in [9.17, 15) is 14.4 Å². The molecule has 160 valence electrons. The van der Waals surface area contributed by atoms with Crippen LogP contribution in [0.2, 0.25) is 0 Å². The summed E-state index contributed by atoms with van der Waals surface area (Å²) in [6.45, 7) is 5.19. The molecule has 1 unspecified atom stereocenters. The van der Waals surface area contributed by atoms with Crippen molar-refractivity contribution in [3.05, 3.63) is 71.8 Å². The van der Waals surface area contributed by atoms with E-state index in [1.54, 1.807) is 0 Å². The molecule has 0 aromatic heterocycles. The minimum Gasteiger partial charge on any atom is -0.451 e. The Morgan fingerprint density at radius 2 is 1.40 bits per heavy atom. The third-order valence-electron chi connectivity index (χ3n) is 4.17. The number of hydrogen-bond donors (Lipinski definition) is 2. The van der Waals surface area contributed by atoms with Gasteiger partial charge < -0.3 is 20.1 Å². The first kappa shape index (κ1) is 22.9. The summed E-state index contributed by atoms with van der Waals surface area (Å²) >= 11 is 0. The standard InChI is InChI=1S/C23H28N2O5/c1-16(2)24-21(26)17(3)30-22(27)20(14-18-10-6-4-7-11-18)25-23(28)29-15-19-12-8-5-9-13-19/h4-13,16-17,20H,14-15H2,1-3H3,(H,24,26)(H,25,28)/t17?,20-/m0/s1. The van der Waals surface area contributed by atoms with Gasteiger partial charge in [-0.2, -0.15) is 0 Å². The largest absolute Gasteiger partial charge is 0.451 e. The van der Waals surface area contributed by atoms with Crippen LogP contribution in [0.3, 0.4) is 0 Å². The van der Waals surface area contributed by atoms with E-state index in [4.69, 9.17) is 9.47 Å². The van der Waals surface area contributed by atoms with Crippen molar-refractivity contribution in [1.82, 2.24) is 10.6 Å². The molecule has 30 heavy (non-hydrogen) atoms. The zero-order chi connectivity index (χ0) is 21.9. The molecule has 7 nitrogen and oxygen atoms in total. The maximum atomic E-state index is 12.7. The first-order valence-corrected chi connectivity index (χ1v) is 9.87. The van der Waals surface area contributed by atoms with Gasteiger partial charge in [-0.05, 0) is 31.9 Å². The van der Waals surface area contributed by atoms with Crippen molar-refractivity contribution in [3.63, 3.8) is 0 Å². The highest BCUT2D eigenvalue weighted by Gasteiger charge is 2.27. The quantitative estimate of drug-likeness (QED) is 0.618. The van der Waals surface area contributed by atoms with E-state index in [1.165, 1.54) is 6.92 Å². The monoisotopic (exact) mass is 412 g/mol. The van der Waals surface area contributed by atoms with E-state index in [2.05, 4.69) is 10.6 Å². The fourth-order valence-electron chi connectivity index (χ4n) is 2.66. The molecule has 0 spiro atoms. The number of carbonyl (C=O) groups is 3. The lowest BCUT2D eigenvalue weighted by atomic mass is 10.1. The van der Waals surface area contributed by atoms with Crippen LogP contribution >= 0.6 is 0 Å². The lowest BCUT2D eigenvalue weighted by Gasteiger charge is -2.21. The fraction of sp³-hybridized carbons (Fsp3) is 0.348. The predicted octanol–water partition coefficient (Wildman–Crippen LogP) is 2.98. The number of carbonyl (C=O) groups excluding carboxylic acids is 3. The van der Waals surface area contributed by atoms with Crippen LogP contribution in [0.4, 0.5) is 4.79 Å². The lowest BCUT2D eigenvalue weighted by Crippen LogP contribution is -2.47. The summed E-state index contributed by atoms with van der Waals surface area (Å²) in [5, 5.41) is 5.24. The number of benzene rings is 2. The Morgan fingerprint density at radius 3 is 1.97 bits per heavy atom. The molecular formula is C23H28N2O5. The van der Waals surface area contributed by atoms with Crippen LogP contribution in [0.25, 0.3) is 0 Å². The molecule has 2 N–H and O–H groups in total. The Bertz CT molecular complexity index is 824. The Kier molecular flexibility index (Phi) is 8.87. The average Bonchev–Trinajstić information content (AvgIpc) is 2.72. The number of alkyl carbamates (subject to hydrolysis) is 1. The van der Waals surface area contributed by atoms with Crippen molar-refractivity contribution in [2.75, 3.05) is 0 Å². The van der Waals surface area contributed by atoms with Gasteiger partial charge in [0, 0.05) is 12.5 Å². The third-order valence-corrected chi connectivity index (χ3v) is 4.17. The molecule has 0 aliphatic carbocycles. The zero-order valence-corrected chi connectivity index (χ0v) is 17.5. The Balaban J connectivity index is 2.01. The highest BCUT2D eigenvalue weighted by Crippen LogP contribution is 2.08. The number of ether oxygens (including phenoxy) is 2. The van der Waals surface area contributed by atoms with Gasteiger partial charge in [0.1, 0.15) is 12.6 Å². The van der Waals surface area contributed by atoms with Gasteiger partial charge in [-0.25, -0.2) is 9.59 Å². The van der Waals surface area contributed by atoms with E-state index in [-0.39, 0.29) is 19.1 Å². The van der Waals surface area contributed by atoms with Gasteiger partial charge in [0.2, 0.25) is 0 Å². The average molecular weight is 412 g/mol. The van der Waals surface area contributed by atoms with Crippen LogP contribution < -0.4 is 10.6 Å². The number of hydrogen-bond acceptors (Lipinski definition) is 5. The van der Waals surface area contributed by atoms with Crippen molar-refractivity contribution < 1.29 is 23.9 Å². The molecule has 7 heteroatoms. The highest BCUT2D eigenvalue weighted by molar-refractivity contribution is 5.86. The van der Waals surface area contributed by atoms with E-state index >= 15 is 0 Å². The first-order chi connectivity index (χ1) is 14.3. The Morgan fingerprint density at radius 1 is 0.833 bits per heavy atom. The minimum absolute atomic E-state index is 0.0764. The fourth-order valence-corrected chi connectivity index (χ4v) is 2.66. The third kappa shape index (κ3) is 7.95. The molecule has 0 heterocycles. The van der Waals surface area contributed by atoms with E-state index in [0.717, 1.165) is 11.1 Å². The molecule has 0 saturated carbocycles. The van der Waals surface area contributed by atoms with Gasteiger partial charge in [0.05, 0.1) is 0 Å². The molecule has 0 aliphatic rings. The molecule has 2 aromatic carbocycles. The minimum atomic E-state index is -0.995. The molecule has 0 bridgehead atoms. The van der Waals surface area contributed by atoms with Crippen LogP contribution in [0.1, 0.15) is 31.9 Å². The summed E-state index contributed by atoms with van der Waals surface area (Å²) in [7, 11) is 0. The smallest absolute Gasteiger partial charge is 0.408 e. The molecule has 0 fully saturated rings. The number of esters is 1. The van der Waals surface area contributed by atoms with E-state index in [1.807, 2.05) is 74.5 Å². The van der Waals surface area contributed by atoms with Crippen LogP contribution in [-0.4, -0.2) is 36.2 Å². The summed E-state index contributed by atoms with van der Waals surface area (Å²) in [6, 6.07) is 17.4. The van der Waals surface area contributed by atoms with E-state index in [0.29, 0.717) is 0 Å². The van der Waals surface area contributed by atoms with Crippen molar-refractivity contribution in [2.24, 2.45) is 0 Å². The van der Waals surface area contributed by atoms with Crippen molar-refractivity contribution >= 4 is 18.0 Å². The topological polar surface area (TPSA) is 93.7 Å². The second-order valence-corrected chi connectivity index (χ2v) is 7.19. The molecular weight excluding hydrogens is 384 g/mol. The van der Waals surface area contributed by atoms with Gasteiger partial charge in [-0.3, -0.25) is 4.79 Å². The van der Waals surface area contributed by atoms with Crippen molar-refractivity contribution in [3.8, 4) is 0 Å². The SMILES string of the molecule is CC(C)NC(=O)C(C)OC(=O)[C@H](Cc1ccccc1)NC(=O)OCc1ccccc1. The first-order valence-electron chi connectivity index (χ1n) is 9.87. The molecule has 0 aliphatic heterocycles. The van der Waals surface area contributed by atoms with Gasteiger partial charge in [0.15, 0.2) is 6.10 Å². The second-order valence-electron chi connectivity index (χ2n) is 7.19. The number of amides is 2. The van der Waals surface area contributed by atoms with Gasteiger partial charge in [0.25, 0.3) is 5.91 Å². The van der Waals surface area contributed by atoms with Gasteiger partial charge in [-0.15, -0.1) is 0 Å². The van der Waals surface area contributed by atoms with Crippen molar-refractivity contribution in [1.29, 1.82) is 0 Å². The molecule has 0 saturated heterocycles. The van der Waals surface area contributed by atoms with Crippen LogP contribution in [0, 0.1) is 0 Å². The van der Waals surface area contributed by atoms with Crippen LogP contribution in [0.5, 0.6) is 0 Å². The highest BCUT2D eigenvalue weighted by atomic mass is 16.6. The summed E-state index contributed by atoms with van der Waals surface area (Å²) in [4.78, 5) is 37.0. The summed E-state index contributed by atoms with van der Waals surface area (Å²) in [5.41, 5.74) is 1.66. The molecule has 2 atom stereocenters. The second kappa shape index (κ2) is 11.6. The normalized spacial score (nSPS) is 12.5. The van der Waals surface area contributed by atoms with Gasteiger partial charge >= 0.3 is 12.1 Å². The van der Waals surface area contributed by atoms with Crippen LogP contribution in [0.15, 0.2) is 60.7 Å². The maximum absolute atomic E-state index is 12.7. The summed E-state index contributed by atoms with van der Waals surface area (Å²) < 4.78 is 10.5. The van der Waals surface area contributed by atoms with Crippen molar-refractivity contribution in [2.45, 2.75) is 52.0 Å². The zero-order valence-electron chi connectivity index (χ0n) is 17.5. The Labute approximate surface area is 176 Å². The van der Waals surface area contributed by atoms with Gasteiger partial charge in [-0.1, -0.05) is 60.7 Å². The summed E-state index contributed by atoms with van der Waals surface area (Å²) in [6.07, 6.45) is -1.52. The van der Waals surface area contributed by atoms with E-state index < -0.39 is 30.1 Å². The number of rotatable bonds is 9. The lowest BCUT2D eigenvalue weighted by molar-refractivity contribution is -0.156. The maximum Gasteiger partial charge on any atom is 0.408 e. The molecule has 2 amide bonds. The Hall–Kier alpha value is -3.35. The number of nitrogens with one attached hydrogen (secondary N) is 2.